The molecule has 0 amide bonds. The van der Waals surface area contributed by atoms with E-state index >= 15 is 0 Å². The molecule has 0 bridgehead atoms. The Bertz CT molecular complexity index is 276. The number of carbonyl (C=O) groups is 1. The van der Waals surface area contributed by atoms with E-state index in [4.69, 9.17) is 5.11 Å². The van der Waals surface area contributed by atoms with Gasteiger partial charge in [0.25, 0.3) is 0 Å². The summed E-state index contributed by atoms with van der Waals surface area (Å²) >= 11 is 0. The molecule has 0 spiro atoms. The van der Waals surface area contributed by atoms with Gasteiger partial charge in [-0.05, 0) is 27.5 Å². The first-order valence-corrected chi connectivity index (χ1v) is 5.48. The molecule has 6 nitrogen and oxygen atoms in total. The van der Waals surface area contributed by atoms with Crippen molar-refractivity contribution in [2.75, 3.05) is 6.26 Å². The average molecular weight is 206 g/mol. The molecule has 0 saturated heterocycles. The van der Waals surface area contributed by atoms with Crippen LogP contribution < -0.4 is 0 Å². The van der Waals surface area contributed by atoms with Gasteiger partial charge in [0, 0.05) is 0 Å². The van der Waals surface area contributed by atoms with Crippen LogP contribution in [-0.2, 0) is 11.3 Å². The Morgan fingerprint density at radius 1 is 1.75 bits per heavy atom. The largest absolute Gasteiger partial charge is 0.480 e. The van der Waals surface area contributed by atoms with Crippen molar-refractivity contribution < 1.29 is 9.90 Å². The maximum Gasteiger partial charge on any atom is 0.325 e. The molecule has 0 radical (unpaired) electrons. The molecule has 1 aromatic rings. The molecule has 0 unspecified atom stereocenters. The lowest BCUT2D eigenvalue weighted by molar-refractivity contribution is -0.138. The standard InChI is InChI=1S/C4H6N4O2S2/c1-11-12-4-5-6-7-8(4)2-3(9)10/h2H2,1H3,(H,9,10). The van der Waals surface area contributed by atoms with Crippen molar-refractivity contribution in [3.63, 3.8) is 0 Å². The second-order valence-electron chi connectivity index (χ2n) is 1.76. The van der Waals surface area contributed by atoms with Crippen LogP contribution in [-0.4, -0.2) is 37.5 Å². The first-order chi connectivity index (χ1) is 5.74. The smallest absolute Gasteiger partial charge is 0.325 e. The third-order valence-electron chi connectivity index (χ3n) is 0.942. The van der Waals surface area contributed by atoms with E-state index in [1.54, 1.807) is 0 Å². The third-order valence-corrected chi connectivity index (χ3v) is 2.50. The highest BCUT2D eigenvalue weighted by atomic mass is 33.1. The zero-order valence-corrected chi connectivity index (χ0v) is 7.80. The number of hydrogen-bond donors (Lipinski definition) is 1. The number of aliphatic carboxylic acids is 1. The van der Waals surface area contributed by atoms with E-state index in [1.165, 1.54) is 26.3 Å². The van der Waals surface area contributed by atoms with Gasteiger partial charge in [-0.2, -0.15) is 0 Å². The van der Waals surface area contributed by atoms with Gasteiger partial charge >= 0.3 is 5.97 Å². The summed E-state index contributed by atoms with van der Waals surface area (Å²) < 4.78 is 1.24. The summed E-state index contributed by atoms with van der Waals surface area (Å²) in [5.41, 5.74) is 0. The molecule has 0 atom stereocenters. The van der Waals surface area contributed by atoms with Crippen molar-refractivity contribution in [3.8, 4) is 0 Å². The van der Waals surface area contributed by atoms with Crippen molar-refractivity contribution in [1.82, 2.24) is 20.2 Å². The summed E-state index contributed by atoms with van der Waals surface area (Å²) in [6, 6.07) is 0. The van der Waals surface area contributed by atoms with Gasteiger partial charge < -0.3 is 5.11 Å². The molecular weight excluding hydrogens is 200 g/mol. The van der Waals surface area contributed by atoms with Crippen LogP contribution >= 0.6 is 21.6 Å². The minimum absolute atomic E-state index is 0.199. The molecule has 1 aromatic heterocycles. The van der Waals surface area contributed by atoms with Gasteiger partial charge in [0.2, 0.25) is 5.16 Å². The minimum Gasteiger partial charge on any atom is -0.480 e. The molecule has 0 fully saturated rings. The molecular formula is C4H6N4O2S2. The quantitative estimate of drug-likeness (QED) is 0.701. The second kappa shape index (κ2) is 4.31. The zero-order chi connectivity index (χ0) is 8.97. The van der Waals surface area contributed by atoms with Crippen molar-refractivity contribution in [3.05, 3.63) is 0 Å². The third kappa shape index (κ3) is 2.38. The van der Waals surface area contributed by atoms with Gasteiger partial charge in [-0.25, -0.2) is 4.68 Å². The Morgan fingerprint density at radius 2 is 2.50 bits per heavy atom. The van der Waals surface area contributed by atoms with Crippen LogP contribution in [0.3, 0.4) is 0 Å². The Hall–Kier alpha value is -0.760. The molecule has 8 heteroatoms. The van der Waals surface area contributed by atoms with Crippen molar-refractivity contribution >= 4 is 27.6 Å². The predicted octanol–water partition coefficient (Wildman–Crippen LogP) is 0.128. The lowest BCUT2D eigenvalue weighted by atomic mass is 10.7. The van der Waals surface area contributed by atoms with E-state index in [1.807, 2.05) is 6.26 Å². The van der Waals surface area contributed by atoms with Crippen molar-refractivity contribution in [1.29, 1.82) is 0 Å². The Balaban J connectivity index is 2.69. The summed E-state index contributed by atoms with van der Waals surface area (Å²) in [5.74, 6) is -0.953. The number of carboxylic acids is 1. The second-order valence-corrected chi connectivity index (χ2v) is 4.13. The van der Waals surface area contributed by atoms with E-state index in [0.29, 0.717) is 5.16 Å². The highest BCUT2D eigenvalue weighted by Crippen LogP contribution is 2.25. The predicted molar refractivity (Wildman–Crippen MR) is 44.8 cm³/mol. The molecule has 0 aliphatic rings. The van der Waals surface area contributed by atoms with Gasteiger partial charge in [-0.15, -0.1) is 5.10 Å². The molecule has 0 aliphatic heterocycles. The van der Waals surface area contributed by atoms with Crippen LogP contribution in [0.5, 0.6) is 0 Å². The van der Waals surface area contributed by atoms with Gasteiger partial charge in [-0.3, -0.25) is 4.79 Å². The van der Waals surface area contributed by atoms with Gasteiger partial charge in [0.05, 0.1) is 0 Å². The van der Waals surface area contributed by atoms with Crippen molar-refractivity contribution in [2.24, 2.45) is 0 Å². The maximum atomic E-state index is 10.3. The van der Waals surface area contributed by atoms with E-state index in [-0.39, 0.29) is 6.54 Å². The van der Waals surface area contributed by atoms with Crippen LogP contribution in [0.2, 0.25) is 0 Å². The molecule has 1 heterocycles. The van der Waals surface area contributed by atoms with E-state index in [0.717, 1.165) is 0 Å². The molecule has 0 aliphatic carbocycles. The summed E-state index contributed by atoms with van der Waals surface area (Å²) in [6.07, 6.45) is 1.87. The minimum atomic E-state index is -0.953. The number of tetrazole rings is 1. The number of hydrogen-bond acceptors (Lipinski definition) is 6. The van der Waals surface area contributed by atoms with E-state index in [9.17, 15) is 4.79 Å². The van der Waals surface area contributed by atoms with Crippen LogP contribution in [0, 0.1) is 0 Å². The summed E-state index contributed by atoms with van der Waals surface area (Å²) in [4.78, 5) is 10.3. The van der Waals surface area contributed by atoms with Crippen LogP contribution in [0.15, 0.2) is 5.16 Å². The average Bonchev–Trinajstić information content (AvgIpc) is 2.37. The molecule has 0 aromatic carbocycles. The normalized spacial score (nSPS) is 10.1. The van der Waals surface area contributed by atoms with Gasteiger partial charge in [0.15, 0.2) is 0 Å². The number of nitrogens with zero attached hydrogens (tertiary/aromatic N) is 4. The lowest BCUT2D eigenvalue weighted by Gasteiger charge is -1.96. The Labute approximate surface area is 76.1 Å². The maximum absolute atomic E-state index is 10.3. The van der Waals surface area contributed by atoms with Crippen LogP contribution in [0.25, 0.3) is 0 Å². The first-order valence-electron chi connectivity index (χ1n) is 2.92. The Morgan fingerprint density at radius 3 is 3.08 bits per heavy atom. The zero-order valence-electron chi connectivity index (χ0n) is 6.17. The van der Waals surface area contributed by atoms with Crippen LogP contribution in [0.1, 0.15) is 0 Å². The number of carboxylic acid groups (broad SMARTS) is 1. The monoisotopic (exact) mass is 206 g/mol. The highest BCUT2D eigenvalue weighted by molar-refractivity contribution is 8.76. The number of rotatable bonds is 4. The van der Waals surface area contributed by atoms with Crippen LogP contribution in [0.4, 0.5) is 0 Å². The fourth-order valence-electron chi connectivity index (χ4n) is 0.558. The summed E-state index contributed by atoms with van der Waals surface area (Å²) in [6.45, 7) is -0.199. The molecule has 12 heavy (non-hydrogen) atoms. The van der Waals surface area contributed by atoms with Gasteiger partial charge in [0.1, 0.15) is 6.54 Å². The fourth-order valence-corrected chi connectivity index (χ4v) is 1.77. The summed E-state index contributed by atoms with van der Waals surface area (Å²) in [7, 11) is 2.79. The van der Waals surface area contributed by atoms with Crippen molar-refractivity contribution in [2.45, 2.75) is 11.7 Å². The Kier molecular flexibility index (Phi) is 3.35. The van der Waals surface area contributed by atoms with E-state index in [2.05, 4.69) is 15.5 Å². The molecule has 1 rings (SSSR count). The topological polar surface area (TPSA) is 80.9 Å². The first kappa shape index (κ1) is 9.33. The SMILES string of the molecule is CSSc1nnnn1CC(=O)O. The number of aromatic nitrogens is 4. The van der Waals surface area contributed by atoms with E-state index < -0.39 is 5.97 Å². The summed E-state index contributed by atoms with van der Waals surface area (Å²) in [5, 5.41) is 19.5. The molecule has 0 saturated carbocycles. The fraction of sp³-hybridized carbons (Fsp3) is 0.500. The van der Waals surface area contributed by atoms with Gasteiger partial charge in [-0.1, -0.05) is 10.8 Å². The molecule has 66 valence electrons. The highest BCUT2D eigenvalue weighted by Gasteiger charge is 2.08. The molecule has 1 N–H and O–H groups in total. The lowest BCUT2D eigenvalue weighted by Crippen LogP contribution is -2.11.